The molecule has 0 radical (unpaired) electrons. The molecule has 3 rings (SSSR count). The molecule has 1 saturated heterocycles. The molecule has 1 aromatic rings. The van der Waals surface area contributed by atoms with E-state index in [1.54, 1.807) is 0 Å². The molecule has 0 amide bonds. The molecule has 0 unspecified atom stereocenters. The van der Waals surface area contributed by atoms with E-state index in [0.717, 1.165) is 18.4 Å². The third-order valence-electron chi connectivity index (χ3n) is 4.23. The van der Waals surface area contributed by atoms with Crippen molar-refractivity contribution in [3.8, 4) is 0 Å². The number of hydrogen-bond acceptors (Lipinski definition) is 3. The van der Waals surface area contributed by atoms with E-state index < -0.39 is 5.79 Å². The predicted molar refractivity (Wildman–Crippen MR) is 88.6 cm³/mol. The predicted octanol–water partition coefficient (Wildman–Crippen LogP) is 3.27. The summed E-state index contributed by atoms with van der Waals surface area (Å²) < 4.78 is 11.8. The third-order valence-corrected chi connectivity index (χ3v) is 4.96. The Morgan fingerprint density at radius 1 is 1.10 bits per heavy atom. The Kier molecular flexibility index (Phi) is 5.65. The van der Waals surface area contributed by atoms with Gasteiger partial charge in [0.25, 0.3) is 0 Å². The summed E-state index contributed by atoms with van der Waals surface area (Å²) in [6.45, 7) is 3.28. The first-order valence-corrected chi connectivity index (χ1v) is 8.01. The Labute approximate surface area is 139 Å². The maximum Gasteiger partial charge on any atom is 0.184 e. The van der Waals surface area contributed by atoms with Crippen LogP contribution in [0.25, 0.3) is 0 Å². The van der Waals surface area contributed by atoms with Crippen molar-refractivity contribution >= 4 is 32.9 Å². The average molecular weight is 407 g/mol. The van der Waals surface area contributed by atoms with E-state index in [4.69, 9.17) is 9.47 Å². The van der Waals surface area contributed by atoms with Gasteiger partial charge in [-0.1, -0.05) is 46.3 Å². The number of rotatable bonds is 6. The van der Waals surface area contributed by atoms with Crippen LogP contribution in [0.3, 0.4) is 0 Å². The Hall–Kier alpha value is 0.0600. The van der Waals surface area contributed by atoms with Gasteiger partial charge in [-0.15, -0.1) is 17.0 Å². The number of nitrogens with one attached hydrogen (secondary N) is 1. The van der Waals surface area contributed by atoms with Gasteiger partial charge < -0.3 is 14.8 Å². The smallest absolute Gasteiger partial charge is 0.184 e. The van der Waals surface area contributed by atoms with Crippen LogP contribution in [0.1, 0.15) is 18.4 Å². The van der Waals surface area contributed by atoms with E-state index in [2.05, 4.69) is 45.5 Å². The van der Waals surface area contributed by atoms with Crippen LogP contribution in [0.4, 0.5) is 0 Å². The monoisotopic (exact) mass is 405 g/mol. The van der Waals surface area contributed by atoms with E-state index in [1.165, 1.54) is 18.4 Å². The molecule has 1 N–H and O–H groups in total. The minimum absolute atomic E-state index is 0. The van der Waals surface area contributed by atoms with Crippen molar-refractivity contribution in [3.05, 3.63) is 35.9 Å². The van der Waals surface area contributed by atoms with E-state index in [0.29, 0.717) is 13.2 Å². The molecule has 20 heavy (non-hydrogen) atoms. The fourth-order valence-electron chi connectivity index (χ4n) is 2.87. The molecule has 1 aliphatic heterocycles. The van der Waals surface area contributed by atoms with Crippen LogP contribution in [-0.4, -0.2) is 30.9 Å². The van der Waals surface area contributed by atoms with Gasteiger partial charge in [0.2, 0.25) is 0 Å². The lowest BCUT2D eigenvalue weighted by atomic mass is 9.96. The summed E-state index contributed by atoms with van der Waals surface area (Å²) in [5, 5.41) is 4.32. The minimum atomic E-state index is -0.406. The molecule has 1 aromatic carbocycles. The van der Waals surface area contributed by atoms with Gasteiger partial charge in [0.05, 0.1) is 18.5 Å². The second-order valence-corrected chi connectivity index (χ2v) is 6.01. The van der Waals surface area contributed by atoms with Crippen LogP contribution in [-0.2, 0) is 16.0 Å². The maximum absolute atomic E-state index is 5.91. The molecular formula is C15H21Br2NO2. The molecule has 0 spiro atoms. The molecule has 0 aromatic heterocycles. The Bertz CT molecular complexity index is 417. The number of ether oxygens (including phenoxy) is 2. The van der Waals surface area contributed by atoms with Crippen molar-refractivity contribution in [2.75, 3.05) is 25.1 Å². The zero-order chi connectivity index (χ0) is 13.2. The molecule has 0 atom stereocenters. The second kappa shape index (κ2) is 6.88. The topological polar surface area (TPSA) is 30.5 Å². The van der Waals surface area contributed by atoms with Gasteiger partial charge in [0.15, 0.2) is 5.79 Å². The van der Waals surface area contributed by atoms with Gasteiger partial charge >= 0.3 is 0 Å². The Balaban J connectivity index is 0.00000147. The van der Waals surface area contributed by atoms with Gasteiger partial charge in [-0.05, 0) is 18.4 Å². The molecule has 1 saturated carbocycles. The molecule has 2 aliphatic rings. The Morgan fingerprint density at radius 2 is 1.75 bits per heavy atom. The SMILES string of the molecule is Br.BrCC1(C2(CNCc3ccccc3)CC2)OCCO1. The van der Waals surface area contributed by atoms with E-state index in [9.17, 15) is 0 Å². The highest BCUT2D eigenvalue weighted by Gasteiger charge is 2.62. The summed E-state index contributed by atoms with van der Waals surface area (Å²) in [5.41, 5.74) is 1.47. The summed E-state index contributed by atoms with van der Waals surface area (Å²) in [6, 6.07) is 10.5. The quantitative estimate of drug-likeness (QED) is 0.735. The minimum Gasteiger partial charge on any atom is -0.346 e. The van der Waals surface area contributed by atoms with Gasteiger partial charge in [0.1, 0.15) is 0 Å². The number of alkyl halides is 1. The molecule has 1 aliphatic carbocycles. The first-order valence-electron chi connectivity index (χ1n) is 6.89. The molecule has 3 nitrogen and oxygen atoms in total. The number of hydrogen-bond donors (Lipinski definition) is 1. The van der Waals surface area contributed by atoms with Crippen molar-refractivity contribution in [1.82, 2.24) is 5.32 Å². The highest BCUT2D eigenvalue weighted by molar-refractivity contribution is 9.09. The lowest BCUT2D eigenvalue weighted by Crippen LogP contribution is -2.47. The second-order valence-electron chi connectivity index (χ2n) is 5.45. The first kappa shape index (κ1) is 16.4. The maximum atomic E-state index is 5.91. The fraction of sp³-hybridized carbons (Fsp3) is 0.600. The Morgan fingerprint density at radius 3 is 2.30 bits per heavy atom. The summed E-state index contributed by atoms with van der Waals surface area (Å²) in [4.78, 5) is 0. The van der Waals surface area contributed by atoms with Crippen LogP contribution < -0.4 is 5.32 Å². The van der Waals surface area contributed by atoms with Crippen molar-refractivity contribution in [3.63, 3.8) is 0 Å². The molecule has 0 bridgehead atoms. The van der Waals surface area contributed by atoms with Gasteiger partial charge in [-0.25, -0.2) is 0 Å². The van der Waals surface area contributed by atoms with Gasteiger partial charge in [0, 0.05) is 18.5 Å². The molecule has 1 heterocycles. The summed E-state index contributed by atoms with van der Waals surface area (Å²) >= 11 is 3.57. The standard InChI is InChI=1S/C15H20BrNO2.BrH/c16-11-15(18-8-9-19-15)14(6-7-14)12-17-10-13-4-2-1-3-5-13;/h1-5,17H,6-12H2;1H. The molecule has 112 valence electrons. The average Bonchev–Trinajstić information content (AvgIpc) is 3.09. The van der Waals surface area contributed by atoms with Crippen LogP contribution in [0.2, 0.25) is 0 Å². The molecule has 2 fully saturated rings. The van der Waals surface area contributed by atoms with Crippen molar-refractivity contribution in [2.45, 2.75) is 25.2 Å². The number of halogens is 2. The zero-order valence-electron chi connectivity index (χ0n) is 11.4. The van der Waals surface area contributed by atoms with E-state index in [-0.39, 0.29) is 22.4 Å². The third kappa shape index (κ3) is 3.12. The van der Waals surface area contributed by atoms with Crippen LogP contribution in [0.15, 0.2) is 30.3 Å². The first-order chi connectivity index (χ1) is 9.30. The van der Waals surface area contributed by atoms with E-state index in [1.807, 2.05) is 6.07 Å². The highest BCUT2D eigenvalue weighted by atomic mass is 79.9. The van der Waals surface area contributed by atoms with Crippen molar-refractivity contribution in [1.29, 1.82) is 0 Å². The normalized spacial score (nSPS) is 22.2. The lowest BCUT2D eigenvalue weighted by Gasteiger charge is -2.34. The molecule has 5 heteroatoms. The summed E-state index contributed by atoms with van der Waals surface area (Å²) in [5.74, 6) is -0.406. The van der Waals surface area contributed by atoms with E-state index >= 15 is 0 Å². The largest absolute Gasteiger partial charge is 0.346 e. The summed E-state index contributed by atoms with van der Waals surface area (Å²) in [6.07, 6.45) is 2.36. The van der Waals surface area contributed by atoms with Crippen LogP contribution >= 0.6 is 32.9 Å². The molecular weight excluding hydrogens is 386 g/mol. The van der Waals surface area contributed by atoms with Crippen molar-refractivity contribution in [2.24, 2.45) is 5.41 Å². The zero-order valence-corrected chi connectivity index (χ0v) is 14.7. The van der Waals surface area contributed by atoms with Gasteiger partial charge in [-0.2, -0.15) is 0 Å². The highest BCUT2D eigenvalue weighted by Crippen LogP contribution is 2.57. The lowest BCUT2D eigenvalue weighted by molar-refractivity contribution is -0.186. The van der Waals surface area contributed by atoms with Crippen molar-refractivity contribution < 1.29 is 9.47 Å². The number of benzene rings is 1. The van der Waals surface area contributed by atoms with Gasteiger partial charge in [-0.3, -0.25) is 0 Å². The van der Waals surface area contributed by atoms with Crippen LogP contribution in [0, 0.1) is 5.41 Å². The summed E-state index contributed by atoms with van der Waals surface area (Å²) in [7, 11) is 0. The fourth-order valence-corrected chi connectivity index (χ4v) is 3.78. The van der Waals surface area contributed by atoms with Crippen LogP contribution in [0.5, 0.6) is 0 Å².